The van der Waals surface area contributed by atoms with Crippen molar-refractivity contribution in [3.8, 4) is 0 Å². The molecular weight excluding hydrogens is 316 g/mol. The number of aryl methyl sites for hydroxylation is 1. The predicted octanol–water partition coefficient (Wildman–Crippen LogP) is 2.46. The molecular formula is C19H22N4O2. The Hall–Kier alpha value is -2.86. The molecule has 2 amide bonds. The highest BCUT2D eigenvalue weighted by atomic mass is 16.3. The van der Waals surface area contributed by atoms with Crippen LogP contribution in [0.2, 0.25) is 0 Å². The maximum Gasteiger partial charge on any atom is 0.314 e. The van der Waals surface area contributed by atoms with Crippen LogP contribution in [-0.2, 0) is 6.54 Å². The molecule has 3 N–H and O–H groups in total. The highest BCUT2D eigenvalue weighted by Gasteiger charge is 2.10. The van der Waals surface area contributed by atoms with Crippen molar-refractivity contribution >= 4 is 16.8 Å². The molecule has 130 valence electrons. The van der Waals surface area contributed by atoms with E-state index in [1.165, 1.54) is 0 Å². The summed E-state index contributed by atoms with van der Waals surface area (Å²) in [5.74, 6) is 0. The summed E-state index contributed by atoms with van der Waals surface area (Å²) in [6, 6.07) is 15.4. The van der Waals surface area contributed by atoms with Crippen molar-refractivity contribution in [2.45, 2.75) is 19.1 Å². The van der Waals surface area contributed by atoms with Gasteiger partial charge in [-0.3, -0.25) is 4.68 Å². The van der Waals surface area contributed by atoms with Crippen LogP contribution in [0.1, 0.15) is 18.1 Å². The zero-order chi connectivity index (χ0) is 17.5. The number of carbonyl (C=O) groups excluding carboxylic acids is 1. The number of urea groups is 1. The molecule has 0 aliphatic heterocycles. The van der Waals surface area contributed by atoms with Gasteiger partial charge in [-0.15, -0.1) is 0 Å². The minimum atomic E-state index is -0.737. The van der Waals surface area contributed by atoms with Crippen LogP contribution in [0.4, 0.5) is 4.79 Å². The van der Waals surface area contributed by atoms with Gasteiger partial charge in [-0.25, -0.2) is 4.79 Å². The molecule has 0 aliphatic carbocycles. The molecule has 6 nitrogen and oxygen atoms in total. The monoisotopic (exact) mass is 338 g/mol. The molecule has 2 aromatic carbocycles. The Bertz CT molecular complexity index is 817. The number of hydrogen-bond acceptors (Lipinski definition) is 3. The lowest BCUT2D eigenvalue weighted by atomic mass is 10.0. The number of fused-ring (bicyclic) bond motifs is 1. The minimum Gasteiger partial charge on any atom is -0.387 e. The molecule has 1 heterocycles. The molecule has 0 bridgehead atoms. The molecule has 0 radical (unpaired) electrons. The first kappa shape index (κ1) is 17.0. The fraction of sp³-hybridized carbons (Fsp3) is 0.263. The van der Waals surface area contributed by atoms with Crippen LogP contribution in [0.25, 0.3) is 10.8 Å². The average molecular weight is 338 g/mol. The molecule has 0 aliphatic rings. The summed E-state index contributed by atoms with van der Waals surface area (Å²) < 4.78 is 1.82. The Balaban J connectivity index is 1.41. The van der Waals surface area contributed by atoms with Crippen LogP contribution in [0, 0.1) is 0 Å². The summed E-state index contributed by atoms with van der Waals surface area (Å²) in [6.07, 6.45) is 3.68. The second kappa shape index (κ2) is 8.30. The number of hydrogen-bond donors (Lipinski definition) is 3. The predicted molar refractivity (Wildman–Crippen MR) is 97.2 cm³/mol. The molecule has 1 aromatic heterocycles. The molecule has 1 unspecified atom stereocenters. The van der Waals surface area contributed by atoms with E-state index in [0.29, 0.717) is 6.54 Å². The lowest BCUT2D eigenvalue weighted by Crippen LogP contribution is -2.38. The summed E-state index contributed by atoms with van der Waals surface area (Å²) in [4.78, 5) is 11.8. The number of aromatic nitrogens is 2. The molecule has 0 saturated carbocycles. The number of carbonyl (C=O) groups is 1. The van der Waals surface area contributed by atoms with Crippen molar-refractivity contribution in [3.05, 3.63) is 66.5 Å². The Kier molecular flexibility index (Phi) is 5.64. The second-order valence-corrected chi connectivity index (χ2v) is 5.88. The van der Waals surface area contributed by atoms with Crippen molar-refractivity contribution in [2.75, 3.05) is 13.1 Å². The van der Waals surface area contributed by atoms with Crippen LogP contribution >= 0.6 is 0 Å². The van der Waals surface area contributed by atoms with Gasteiger partial charge in [0.2, 0.25) is 0 Å². The summed E-state index contributed by atoms with van der Waals surface area (Å²) >= 11 is 0. The van der Waals surface area contributed by atoms with Crippen LogP contribution in [0.3, 0.4) is 0 Å². The first-order chi connectivity index (χ1) is 12.2. The molecule has 3 rings (SSSR count). The summed E-state index contributed by atoms with van der Waals surface area (Å²) in [5.41, 5.74) is 0.790. The molecule has 0 saturated heterocycles. The van der Waals surface area contributed by atoms with E-state index in [-0.39, 0.29) is 12.6 Å². The highest BCUT2D eigenvalue weighted by molar-refractivity contribution is 5.83. The number of aliphatic hydroxyl groups excluding tert-OH is 1. The normalized spacial score (nSPS) is 12.0. The van der Waals surface area contributed by atoms with E-state index in [0.717, 1.165) is 29.3 Å². The van der Waals surface area contributed by atoms with E-state index >= 15 is 0 Å². The van der Waals surface area contributed by atoms with Crippen LogP contribution in [0.5, 0.6) is 0 Å². The number of aliphatic hydroxyl groups is 1. The van der Waals surface area contributed by atoms with Gasteiger partial charge < -0.3 is 15.7 Å². The van der Waals surface area contributed by atoms with Gasteiger partial charge in [0.1, 0.15) is 0 Å². The van der Waals surface area contributed by atoms with E-state index in [1.54, 1.807) is 6.20 Å². The van der Waals surface area contributed by atoms with Gasteiger partial charge in [0, 0.05) is 32.0 Å². The molecule has 3 aromatic rings. The Morgan fingerprint density at radius 1 is 1.12 bits per heavy atom. The third-order valence-electron chi connectivity index (χ3n) is 4.02. The average Bonchev–Trinajstić information content (AvgIpc) is 3.16. The van der Waals surface area contributed by atoms with Crippen LogP contribution in [-0.4, -0.2) is 34.0 Å². The Morgan fingerprint density at radius 2 is 1.96 bits per heavy atom. The zero-order valence-electron chi connectivity index (χ0n) is 13.9. The van der Waals surface area contributed by atoms with Gasteiger partial charge in [-0.05, 0) is 34.9 Å². The zero-order valence-corrected chi connectivity index (χ0v) is 13.9. The van der Waals surface area contributed by atoms with Crippen LogP contribution < -0.4 is 10.6 Å². The van der Waals surface area contributed by atoms with Gasteiger partial charge in [0.25, 0.3) is 0 Å². The van der Waals surface area contributed by atoms with Crippen molar-refractivity contribution in [3.63, 3.8) is 0 Å². The van der Waals surface area contributed by atoms with E-state index in [4.69, 9.17) is 0 Å². The summed E-state index contributed by atoms with van der Waals surface area (Å²) in [5, 5.41) is 22.1. The molecule has 25 heavy (non-hydrogen) atoms. The van der Waals surface area contributed by atoms with Crippen LogP contribution in [0.15, 0.2) is 60.9 Å². The van der Waals surface area contributed by atoms with Crippen molar-refractivity contribution < 1.29 is 9.90 Å². The summed E-state index contributed by atoms with van der Waals surface area (Å²) in [7, 11) is 0. The second-order valence-electron chi connectivity index (χ2n) is 5.88. The first-order valence-electron chi connectivity index (χ1n) is 8.38. The van der Waals surface area contributed by atoms with Crippen molar-refractivity contribution in [2.24, 2.45) is 0 Å². The fourth-order valence-corrected chi connectivity index (χ4v) is 2.66. The molecule has 6 heteroatoms. The molecule has 0 spiro atoms. The fourth-order valence-electron chi connectivity index (χ4n) is 2.66. The number of nitrogens with zero attached hydrogens (tertiary/aromatic N) is 2. The quantitative estimate of drug-likeness (QED) is 0.579. The Labute approximate surface area is 146 Å². The van der Waals surface area contributed by atoms with Gasteiger partial charge in [-0.2, -0.15) is 5.10 Å². The van der Waals surface area contributed by atoms with Gasteiger partial charge in [0.15, 0.2) is 0 Å². The van der Waals surface area contributed by atoms with E-state index in [2.05, 4.69) is 15.7 Å². The number of nitrogens with one attached hydrogen (secondary N) is 2. The summed E-state index contributed by atoms with van der Waals surface area (Å²) in [6.45, 7) is 1.48. The molecule has 1 atom stereocenters. The lowest BCUT2D eigenvalue weighted by Gasteiger charge is -2.14. The SMILES string of the molecule is O=C(NCCCn1cccn1)NCC(O)c1ccc2ccccc2c1. The number of rotatable bonds is 7. The maximum absolute atomic E-state index is 11.8. The number of amides is 2. The standard InChI is InChI=1S/C19H22N4O2/c24-18(17-8-7-15-5-1-2-6-16(15)13-17)14-21-19(25)20-9-3-11-23-12-4-10-22-23/h1-2,4-8,10,12-13,18,24H,3,9,11,14H2,(H2,20,21,25). The minimum absolute atomic E-state index is 0.170. The van der Waals surface area contributed by atoms with Gasteiger partial charge in [-0.1, -0.05) is 36.4 Å². The molecule has 0 fully saturated rings. The van der Waals surface area contributed by atoms with E-state index in [9.17, 15) is 9.90 Å². The third-order valence-corrected chi connectivity index (χ3v) is 4.02. The van der Waals surface area contributed by atoms with Gasteiger partial charge >= 0.3 is 6.03 Å². The topological polar surface area (TPSA) is 79.2 Å². The first-order valence-corrected chi connectivity index (χ1v) is 8.38. The highest BCUT2D eigenvalue weighted by Crippen LogP contribution is 2.19. The largest absolute Gasteiger partial charge is 0.387 e. The number of benzene rings is 2. The Morgan fingerprint density at radius 3 is 2.76 bits per heavy atom. The van der Waals surface area contributed by atoms with E-state index < -0.39 is 6.10 Å². The lowest BCUT2D eigenvalue weighted by molar-refractivity contribution is 0.173. The van der Waals surface area contributed by atoms with E-state index in [1.807, 2.05) is 59.4 Å². The maximum atomic E-state index is 11.8. The third kappa shape index (κ3) is 4.81. The van der Waals surface area contributed by atoms with Crippen molar-refractivity contribution in [1.29, 1.82) is 0 Å². The van der Waals surface area contributed by atoms with Crippen molar-refractivity contribution in [1.82, 2.24) is 20.4 Å². The smallest absolute Gasteiger partial charge is 0.314 e. The van der Waals surface area contributed by atoms with Gasteiger partial charge in [0.05, 0.1) is 6.10 Å².